The number of carboxylic acid groups (broad SMARTS) is 1. The van der Waals surface area contributed by atoms with Crippen molar-refractivity contribution in [3.63, 3.8) is 0 Å². The van der Waals surface area contributed by atoms with Gasteiger partial charge in [0.15, 0.2) is 0 Å². The molecule has 2 amide bonds. The lowest BCUT2D eigenvalue weighted by molar-refractivity contribution is -0.139. The Hall–Kier alpha value is -1.34. The van der Waals surface area contributed by atoms with Crippen LogP contribution in [0.3, 0.4) is 0 Å². The second-order valence-corrected chi connectivity index (χ2v) is 5.77. The van der Waals surface area contributed by atoms with Crippen LogP contribution in [-0.2, 0) is 9.53 Å². The summed E-state index contributed by atoms with van der Waals surface area (Å²) in [5, 5.41) is 11.6. The van der Waals surface area contributed by atoms with E-state index >= 15 is 0 Å². The first-order chi connectivity index (χ1) is 10.1. The third-order valence-corrected chi connectivity index (χ3v) is 4.31. The van der Waals surface area contributed by atoms with Crippen LogP contribution in [0.4, 0.5) is 4.79 Å². The first-order valence-electron chi connectivity index (χ1n) is 7.61. The van der Waals surface area contributed by atoms with Crippen LogP contribution in [0.25, 0.3) is 0 Å². The number of nitrogens with zero attached hydrogens (tertiary/aromatic N) is 2. The highest BCUT2D eigenvalue weighted by Crippen LogP contribution is 2.21. The molecule has 21 heavy (non-hydrogen) atoms. The van der Waals surface area contributed by atoms with Gasteiger partial charge < -0.3 is 20.1 Å². The van der Waals surface area contributed by atoms with Gasteiger partial charge in [-0.2, -0.15) is 0 Å². The molecule has 0 radical (unpaired) electrons. The van der Waals surface area contributed by atoms with Gasteiger partial charge in [-0.15, -0.1) is 0 Å². The van der Waals surface area contributed by atoms with Crippen LogP contribution in [0, 0.1) is 0 Å². The topological polar surface area (TPSA) is 82.1 Å². The van der Waals surface area contributed by atoms with Crippen molar-refractivity contribution in [3.05, 3.63) is 0 Å². The van der Waals surface area contributed by atoms with Gasteiger partial charge in [0.2, 0.25) is 0 Å². The summed E-state index contributed by atoms with van der Waals surface area (Å²) in [7, 11) is 1.46. The van der Waals surface area contributed by atoms with Gasteiger partial charge in [0, 0.05) is 39.3 Å². The monoisotopic (exact) mass is 299 g/mol. The predicted octanol–water partition coefficient (Wildman–Crippen LogP) is 0.356. The number of aliphatic carboxylic acids is 1. The van der Waals surface area contributed by atoms with Crippen molar-refractivity contribution < 1.29 is 19.4 Å². The van der Waals surface area contributed by atoms with E-state index in [1.807, 2.05) is 4.90 Å². The number of carbonyl (C=O) groups is 2. The summed E-state index contributed by atoms with van der Waals surface area (Å²) in [4.78, 5) is 27.2. The standard InChI is InChI=1S/C14H25N3O4/c1-21-12(8-13(18)19)9-15-14(20)17-7-3-6-16-5-2-4-11(16)10-17/h11-12H,2-10H2,1H3,(H,15,20)(H,18,19). The van der Waals surface area contributed by atoms with E-state index in [0.29, 0.717) is 6.04 Å². The lowest BCUT2D eigenvalue weighted by Gasteiger charge is -2.26. The fraction of sp³-hybridized carbons (Fsp3) is 0.857. The minimum absolute atomic E-state index is 0.104. The van der Waals surface area contributed by atoms with Crippen molar-refractivity contribution in [2.24, 2.45) is 0 Å². The molecule has 7 heteroatoms. The summed E-state index contributed by atoms with van der Waals surface area (Å²) in [6.07, 6.45) is 2.77. The van der Waals surface area contributed by atoms with E-state index in [4.69, 9.17) is 9.84 Å². The lowest BCUT2D eigenvalue weighted by Crippen LogP contribution is -2.46. The van der Waals surface area contributed by atoms with Crippen LogP contribution in [0.15, 0.2) is 0 Å². The van der Waals surface area contributed by atoms with Crippen LogP contribution in [0.1, 0.15) is 25.7 Å². The molecule has 2 aliphatic heterocycles. The minimum atomic E-state index is -0.924. The number of hydrogen-bond donors (Lipinski definition) is 2. The van der Waals surface area contributed by atoms with Gasteiger partial charge in [0.1, 0.15) is 0 Å². The molecule has 7 nitrogen and oxygen atoms in total. The van der Waals surface area contributed by atoms with Crippen molar-refractivity contribution in [1.82, 2.24) is 15.1 Å². The average molecular weight is 299 g/mol. The Morgan fingerprint density at radius 1 is 1.33 bits per heavy atom. The number of ether oxygens (including phenoxy) is 1. The maximum absolute atomic E-state index is 12.2. The zero-order chi connectivity index (χ0) is 15.2. The maximum Gasteiger partial charge on any atom is 0.317 e. The zero-order valence-electron chi connectivity index (χ0n) is 12.6. The fourth-order valence-electron chi connectivity index (χ4n) is 3.14. The van der Waals surface area contributed by atoms with Crippen molar-refractivity contribution >= 4 is 12.0 Å². The molecule has 0 aromatic heterocycles. The molecule has 0 bridgehead atoms. The molecule has 2 atom stereocenters. The van der Waals surface area contributed by atoms with Gasteiger partial charge in [-0.1, -0.05) is 0 Å². The highest BCUT2D eigenvalue weighted by atomic mass is 16.5. The number of fused-ring (bicyclic) bond motifs is 1. The molecule has 2 aliphatic rings. The Balaban J connectivity index is 1.80. The van der Waals surface area contributed by atoms with Gasteiger partial charge in [-0.3, -0.25) is 9.69 Å². The van der Waals surface area contributed by atoms with E-state index in [-0.39, 0.29) is 19.0 Å². The summed E-state index contributed by atoms with van der Waals surface area (Å²) in [5.41, 5.74) is 0. The molecule has 2 fully saturated rings. The molecule has 0 aromatic rings. The van der Waals surface area contributed by atoms with Crippen LogP contribution >= 0.6 is 0 Å². The van der Waals surface area contributed by atoms with Gasteiger partial charge in [-0.05, 0) is 25.8 Å². The highest BCUT2D eigenvalue weighted by Gasteiger charge is 2.30. The van der Waals surface area contributed by atoms with Crippen molar-refractivity contribution in [3.8, 4) is 0 Å². The number of amides is 2. The van der Waals surface area contributed by atoms with Crippen molar-refractivity contribution in [1.29, 1.82) is 0 Å². The van der Waals surface area contributed by atoms with Crippen molar-refractivity contribution in [2.75, 3.05) is 39.8 Å². The Labute approximate surface area is 125 Å². The van der Waals surface area contributed by atoms with E-state index in [9.17, 15) is 9.59 Å². The van der Waals surface area contributed by atoms with E-state index in [0.717, 1.165) is 39.0 Å². The molecule has 2 heterocycles. The Kier molecular flexibility index (Phi) is 5.81. The molecule has 0 saturated carbocycles. The number of hydrogen-bond acceptors (Lipinski definition) is 4. The highest BCUT2D eigenvalue weighted by molar-refractivity contribution is 5.74. The van der Waals surface area contributed by atoms with Gasteiger partial charge in [0.05, 0.1) is 12.5 Å². The Morgan fingerprint density at radius 2 is 2.10 bits per heavy atom. The molecular weight excluding hydrogens is 274 g/mol. The number of carboxylic acids is 1. The third kappa shape index (κ3) is 4.57. The van der Waals surface area contributed by atoms with Gasteiger partial charge in [0.25, 0.3) is 0 Å². The summed E-state index contributed by atoms with van der Waals surface area (Å²) in [5.74, 6) is -0.924. The fourth-order valence-corrected chi connectivity index (χ4v) is 3.14. The number of rotatable bonds is 5. The Bertz CT molecular complexity index is 377. The Morgan fingerprint density at radius 3 is 2.81 bits per heavy atom. The van der Waals surface area contributed by atoms with Gasteiger partial charge in [-0.25, -0.2) is 4.79 Å². The summed E-state index contributed by atoms with van der Waals surface area (Å²) >= 11 is 0. The largest absolute Gasteiger partial charge is 0.481 e. The summed E-state index contributed by atoms with van der Waals surface area (Å²) < 4.78 is 5.07. The van der Waals surface area contributed by atoms with E-state index in [1.165, 1.54) is 13.5 Å². The molecule has 2 rings (SSSR count). The molecule has 2 N–H and O–H groups in total. The molecule has 120 valence electrons. The minimum Gasteiger partial charge on any atom is -0.481 e. The summed E-state index contributed by atoms with van der Waals surface area (Å²) in [6.45, 7) is 3.96. The number of nitrogens with one attached hydrogen (secondary N) is 1. The molecule has 0 aliphatic carbocycles. The SMILES string of the molecule is COC(CNC(=O)N1CCCN2CCCC2C1)CC(=O)O. The van der Waals surface area contributed by atoms with Crippen molar-refractivity contribution in [2.45, 2.75) is 37.8 Å². The summed E-state index contributed by atoms with van der Waals surface area (Å²) in [6, 6.07) is 0.367. The van der Waals surface area contributed by atoms with Crippen LogP contribution in [-0.4, -0.2) is 78.9 Å². The van der Waals surface area contributed by atoms with E-state index in [2.05, 4.69) is 10.2 Å². The number of carbonyl (C=O) groups excluding carboxylic acids is 1. The zero-order valence-corrected chi connectivity index (χ0v) is 12.6. The van der Waals surface area contributed by atoms with Crippen LogP contribution < -0.4 is 5.32 Å². The third-order valence-electron chi connectivity index (χ3n) is 4.31. The maximum atomic E-state index is 12.2. The predicted molar refractivity (Wildman–Crippen MR) is 77.2 cm³/mol. The average Bonchev–Trinajstić information content (AvgIpc) is 2.79. The first kappa shape index (κ1) is 16.0. The molecule has 2 unspecified atom stereocenters. The number of urea groups is 1. The molecule has 0 spiro atoms. The number of methoxy groups -OCH3 is 1. The lowest BCUT2D eigenvalue weighted by atomic mass is 10.2. The van der Waals surface area contributed by atoms with Crippen LogP contribution in [0.2, 0.25) is 0 Å². The quantitative estimate of drug-likeness (QED) is 0.766. The van der Waals surface area contributed by atoms with E-state index < -0.39 is 12.1 Å². The van der Waals surface area contributed by atoms with Gasteiger partial charge >= 0.3 is 12.0 Å². The molecular formula is C14H25N3O4. The first-order valence-corrected chi connectivity index (χ1v) is 7.61. The normalized spacial score (nSPS) is 24.2. The van der Waals surface area contributed by atoms with Crippen LogP contribution in [0.5, 0.6) is 0 Å². The molecule has 2 saturated heterocycles. The van der Waals surface area contributed by atoms with E-state index in [1.54, 1.807) is 0 Å². The second-order valence-electron chi connectivity index (χ2n) is 5.77. The second kappa shape index (κ2) is 7.61. The molecule has 0 aromatic carbocycles. The smallest absolute Gasteiger partial charge is 0.317 e.